The number of nitrogens with one attached hydrogen (secondary N) is 2. The molecule has 3 aromatic carbocycles. The fourth-order valence-corrected chi connectivity index (χ4v) is 5.70. The van der Waals surface area contributed by atoms with Crippen LogP contribution in [0.15, 0.2) is 94.1 Å². The van der Waals surface area contributed by atoms with Crippen LogP contribution >= 0.6 is 23.5 Å². The molecule has 0 saturated carbocycles. The summed E-state index contributed by atoms with van der Waals surface area (Å²) in [6.45, 7) is 6.15. The highest BCUT2D eigenvalue weighted by Crippen LogP contribution is 2.37. The molecule has 5 rings (SSSR count). The number of hydrogen-bond donors (Lipinski definition) is 2. The Morgan fingerprint density at radius 2 is 1.78 bits per heavy atom. The van der Waals surface area contributed by atoms with Crippen molar-refractivity contribution in [2.75, 3.05) is 16.9 Å². The number of thioether (sulfide) groups is 2. The molecule has 37 heavy (non-hydrogen) atoms. The number of carbonyl (C=O) groups is 1. The van der Waals surface area contributed by atoms with Crippen LogP contribution in [0.2, 0.25) is 0 Å². The molecule has 2 heterocycles. The minimum atomic E-state index is -0.404. The number of fused-ring (bicyclic) bond motifs is 1. The number of carbonyl (C=O) groups excluding carboxylic acids is 1. The van der Waals surface area contributed by atoms with Gasteiger partial charge < -0.3 is 10.6 Å². The summed E-state index contributed by atoms with van der Waals surface area (Å²) >= 11 is 3.29. The molecular formula is C29H29N5OS2. The van der Waals surface area contributed by atoms with Crippen molar-refractivity contribution < 1.29 is 4.79 Å². The number of nitrogens with zero attached hydrogens (tertiary/aromatic N) is 3. The molecule has 1 atom stereocenters. The molecule has 1 aliphatic heterocycles. The van der Waals surface area contributed by atoms with Crippen LogP contribution in [0.25, 0.3) is 0 Å². The van der Waals surface area contributed by atoms with Gasteiger partial charge in [0.25, 0.3) is 5.91 Å². The van der Waals surface area contributed by atoms with Gasteiger partial charge in [0.05, 0.1) is 5.57 Å². The molecule has 1 aromatic heterocycles. The summed E-state index contributed by atoms with van der Waals surface area (Å²) in [4.78, 5) is 19.6. The second kappa shape index (κ2) is 10.9. The molecule has 1 amide bonds. The maximum atomic E-state index is 13.6. The lowest BCUT2D eigenvalue weighted by Crippen LogP contribution is -2.31. The van der Waals surface area contributed by atoms with Gasteiger partial charge in [-0.1, -0.05) is 65.9 Å². The number of amides is 1. The van der Waals surface area contributed by atoms with E-state index in [2.05, 4.69) is 73.2 Å². The predicted octanol–water partition coefficient (Wildman–Crippen LogP) is 6.84. The van der Waals surface area contributed by atoms with E-state index in [1.807, 2.05) is 41.9 Å². The molecular weight excluding hydrogens is 498 g/mol. The van der Waals surface area contributed by atoms with E-state index >= 15 is 0 Å². The van der Waals surface area contributed by atoms with Gasteiger partial charge in [0.15, 0.2) is 0 Å². The highest BCUT2D eigenvalue weighted by Gasteiger charge is 2.34. The lowest BCUT2D eigenvalue weighted by molar-refractivity contribution is -0.113. The summed E-state index contributed by atoms with van der Waals surface area (Å²) < 4.78 is 1.84. The second-order valence-electron chi connectivity index (χ2n) is 9.04. The summed E-state index contributed by atoms with van der Waals surface area (Å²) in [5.41, 5.74) is 6.87. The van der Waals surface area contributed by atoms with E-state index in [4.69, 9.17) is 10.1 Å². The van der Waals surface area contributed by atoms with Crippen LogP contribution in [0.5, 0.6) is 0 Å². The summed E-state index contributed by atoms with van der Waals surface area (Å²) in [7, 11) is 0. The van der Waals surface area contributed by atoms with Crippen LogP contribution in [0.3, 0.4) is 0 Å². The van der Waals surface area contributed by atoms with Gasteiger partial charge in [0.2, 0.25) is 11.1 Å². The van der Waals surface area contributed by atoms with Crippen molar-refractivity contribution in [1.82, 2.24) is 14.8 Å². The first kappa shape index (κ1) is 25.2. The molecule has 0 radical (unpaired) electrons. The van der Waals surface area contributed by atoms with Gasteiger partial charge in [-0.3, -0.25) is 4.79 Å². The van der Waals surface area contributed by atoms with E-state index in [9.17, 15) is 4.79 Å². The molecule has 0 spiro atoms. The largest absolute Gasteiger partial charge is 0.328 e. The summed E-state index contributed by atoms with van der Waals surface area (Å²) in [6.07, 6.45) is 2.05. The van der Waals surface area contributed by atoms with E-state index in [1.165, 1.54) is 16.7 Å². The number of benzene rings is 3. The SMILES string of the molecule is CSc1ccc([C@@H]2C(C(=O)Nc3ccccc3)=C(C)Nc3nc(SCc4cc(C)ccc4C)nn32)cc1. The third-order valence-corrected chi connectivity index (χ3v) is 8.03. The van der Waals surface area contributed by atoms with Crippen LogP contribution in [0.1, 0.15) is 35.2 Å². The van der Waals surface area contributed by atoms with Gasteiger partial charge in [-0.05, 0) is 68.0 Å². The van der Waals surface area contributed by atoms with Gasteiger partial charge in [0.1, 0.15) is 6.04 Å². The smallest absolute Gasteiger partial charge is 0.255 e. The monoisotopic (exact) mass is 527 g/mol. The average molecular weight is 528 g/mol. The summed E-state index contributed by atoms with van der Waals surface area (Å²) in [5, 5.41) is 11.9. The Balaban J connectivity index is 1.49. The molecule has 6 nitrogen and oxygen atoms in total. The number of para-hydroxylation sites is 1. The molecule has 4 aromatic rings. The first-order chi connectivity index (χ1) is 17.9. The summed E-state index contributed by atoms with van der Waals surface area (Å²) in [6, 6.07) is 23.9. The first-order valence-corrected chi connectivity index (χ1v) is 14.3. The molecule has 0 fully saturated rings. The normalized spacial score (nSPS) is 14.8. The maximum Gasteiger partial charge on any atom is 0.255 e. The zero-order valence-electron chi connectivity index (χ0n) is 21.3. The fourth-order valence-electron chi connectivity index (χ4n) is 4.40. The van der Waals surface area contributed by atoms with Crippen LogP contribution in [0, 0.1) is 13.8 Å². The van der Waals surface area contributed by atoms with Crippen molar-refractivity contribution in [3.05, 3.63) is 106 Å². The van der Waals surface area contributed by atoms with E-state index < -0.39 is 6.04 Å². The quantitative estimate of drug-likeness (QED) is 0.257. The van der Waals surface area contributed by atoms with E-state index in [-0.39, 0.29) is 5.91 Å². The fraction of sp³-hybridized carbons (Fsp3) is 0.207. The van der Waals surface area contributed by atoms with Crippen molar-refractivity contribution in [1.29, 1.82) is 0 Å². The Morgan fingerprint density at radius 3 is 2.51 bits per heavy atom. The highest BCUT2D eigenvalue weighted by molar-refractivity contribution is 7.98. The zero-order valence-corrected chi connectivity index (χ0v) is 22.9. The van der Waals surface area contributed by atoms with E-state index in [0.29, 0.717) is 16.7 Å². The van der Waals surface area contributed by atoms with Gasteiger partial charge in [-0.15, -0.1) is 16.9 Å². The first-order valence-electron chi connectivity index (χ1n) is 12.1. The highest BCUT2D eigenvalue weighted by atomic mass is 32.2. The summed E-state index contributed by atoms with van der Waals surface area (Å²) in [5.74, 6) is 1.25. The number of aryl methyl sites for hydroxylation is 2. The lowest BCUT2D eigenvalue weighted by Gasteiger charge is -2.28. The minimum Gasteiger partial charge on any atom is -0.328 e. The van der Waals surface area contributed by atoms with Crippen LogP contribution in [-0.4, -0.2) is 26.9 Å². The molecule has 8 heteroatoms. The van der Waals surface area contributed by atoms with Gasteiger partial charge in [0, 0.05) is 22.0 Å². The standard InChI is InChI=1S/C29H29N5OS2/c1-18-10-11-19(2)22(16-18)17-37-29-32-28-30-20(3)25(27(35)31-23-8-6-5-7-9-23)26(34(28)33-29)21-12-14-24(36-4)15-13-21/h5-16,26H,17H2,1-4H3,(H,31,35)(H,30,32,33)/t26-/m1/s1. The average Bonchev–Trinajstić information content (AvgIpc) is 3.31. The number of allylic oxidation sites excluding steroid dienone is 1. The van der Waals surface area contributed by atoms with Crippen LogP contribution in [-0.2, 0) is 10.5 Å². The third kappa shape index (κ3) is 5.45. The lowest BCUT2D eigenvalue weighted by atomic mass is 9.95. The minimum absolute atomic E-state index is 0.166. The number of hydrogen-bond acceptors (Lipinski definition) is 6. The Kier molecular flexibility index (Phi) is 7.39. The maximum absolute atomic E-state index is 13.6. The molecule has 0 bridgehead atoms. The predicted molar refractivity (Wildman–Crippen MR) is 153 cm³/mol. The molecule has 1 aliphatic rings. The third-order valence-electron chi connectivity index (χ3n) is 6.40. The topological polar surface area (TPSA) is 71.8 Å². The molecule has 0 saturated heterocycles. The Bertz CT molecular complexity index is 1460. The second-order valence-corrected chi connectivity index (χ2v) is 10.9. The van der Waals surface area contributed by atoms with E-state index in [1.54, 1.807) is 23.5 Å². The van der Waals surface area contributed by atoms with Crippen molar-refractivity contribution >= 4 is 41.1 Å². The van der Waals surface area contributed by atoms with E-state index in [0.717, 1.165) is 27.6 Å². The number of aromatic nitrogens is 3. The number of rotatable bonds is 7. The van der Waals surface area contributed by atoms with Crippen molar-refractivity contribution in [2.45, 2.75) is 42.6 Å². The number of anilines is 2. The van der Waals surface area contributed by atoms with Crippen LogP contribution < -0.4 is 10.6 Å². The van der Waals surface area contributed by atoms with Crippen molar-refractivity contribution in [3.8, 4) is 0 Å². The van der Waals surface area contributed by atoms with Gasteiger partial charge >= 0.3 is 0 Å². The van der Waals surface area contributed by atoms with Gasteiger partial charge in [-0.2, -0.15) is 4.98 Å². The van der Waals surface area contributed by atoms with Gasteiger partial charge in [-0.25, -0.2) is 4.68 Å². The van der Waals surface area contributed by atoms with Crippen molar-refractivity contribution in [3.63, 3.8) is 0 Å². The Labute approximate surface area is 226 Å². The molecule has 0 unspecified atom stereocenters. The Hall–Kier alpha value is -3.49. The molecule has 0 aliphatic carbocycles. The molecule has 2 N–H and O–H groups in total. The molecule has 188 valence electrons. The van der Waals surface area contributed by atoms with Crippen LogP contribution in [0.4, 0.5) is 11.6 Å². The zero-order chi connectivity index (χ0) is 25.9. The Morgan fingerprint density at radius 1 is 1.03 bits per heavy atom. The van der Waals surface area contributed by atoms with Crippen molar-refractivity contribution in [2.24, 2.45) is 0 Å².